The Morgan fingerprint density at radius 1 is 1.13 bits per heavy atom. The van der Waals surface area contributed by atoms with Crippen LogP contribution in [0.15, 0.2) is 36.0 Å². The Hall–Kier alpha value is -1.81. The van der Waals surface area contributed by atoms with Crippen molar-refractivity contribution < 1.29 is 9.59 Å². The Labute approximate surface area is 140 Å². The first kappa shape index (κ1) is 14.8. The Bertz CT molecular complexity index is 727. The minimum Gasteiger partial charge on any atom is -0.333 e. The van der Waals surface area contributed by atoms with E-state index in [1.165, 1.54) is 0 Å². The number of carbonyl (C=O) groups is 2. The second kappa shape index (κ2) is 4.84. The van der Waals surface area contributed by atoms with Crippen LogP contribution in [-0.4, -0.2) is 41.2 Å². The topological polar surface area (TPSA) is 40.6 Å². The highest BCUT2D eigenvalue weighted by Gasteiger charge is 2.67. The predicted octanol–water partition coefficient (Wildman–Crippen LogP) is 2.79. The van der Waals surface area contributed by atoms with Gasteiger partial charge in [-0.3, -0.25) is 9.59 Å². The third-order valence-electron chi connectivity index (χ3n) is 5.77. The monoisotopic (exact) mass is 330 g/mol. The molecule has 3 aliphatic rings. The highest BCUT2D eigenvalue weighted by atomic mass is 35.5. The molecule has 1 aliphatic carbocycles. The largest absolute Gasteiger partial charge is 0.333 e. The number of rotatable bonds is 1. The fraction of sp³-hybridized carbons (Fsp3) is 0.444. The van der Waals surface area contributed by atoms with Crippen molar-refractivity contribution in [3.63, 3.8) is 0 Å². The molecule has 2 saturated heterocycles. The number of likely N-dealkylation sites (tertiary alicyclic amines) is 2. The molecule has 2 heterocycles. The first-order chi connectivity index (χ1) is 11.0. The van der Waals surface area contributed by atoms with Crippen LogP contribution in [0.1, 0.15) is 30.7 Å². The molecule has 0 aromatic heterocycles. The quantitative estimate of drug-likeness (QED) is 0.794. The average molecular weight is 331 g/mol. The average Bonchev–Trinajstić information content (AvgIpc) is 2.91. The van der Waals surface area contributed by atoms with Crippen LogP contribution in [0.5, 0.6) is 0 Å². The molecule has 2 amide bonds. The highest BCUT2D eigenvalue weighted by Crippen LogP contribution is 2.57. The SMILES string of the molecule is CN1C(=O)[C@H]2[C@@H](c3ccc(Cl)cc3)C(=O)N(C)[C@]23CCCC=C13. The van der Waals surface area contributed by atoms with Crippen LogP contribution in [0.2, 0.25) is 5.02 Å². The van der Waals surface area contributed by atoms with Crippen molar-refractivity contribution >= 4 is 23.4 Å². The lowest BCUT2D eigenvalue weighted by atomic mass is 9.73. The third-order valence-corrected chi connectivity index (χ3v) is 6.03. The summed E-state index contributed by atoms with van der Waals surface area (Å²) in [5, 5.41) is 0.635. The van der Waals surface area contributed by atoms with Gasteiger partial charge < -0.3 is 9.80 Å². The molecule has 4 nitrogen and oxygen atoms in total. The molecule has 23 heavy (non-hydrogen) atoms. The molecule has 2 fully saturated rings. The van der Waals surface area contributed by atoms with Crippen LogP contribution >= 0.6 is 11.6 Å². The van der Waals surface area contributed by atoms with Gasteiger partial charge in [0.15, 0.2) is 0 Å². The maximum absolute atomic E-state index is 13.0. The van der Waals surface area contributed by atoms with Gasteiger partial charge in [-0.25, -0.2) is 0 Å². The van der Waals surface area contributed by atoms with Crippen molar-refractivity contribution in [3.8, 4) is 0 Å². The van der Waals surface area contributed by atoms with Crippen LogP contribution in [-0.2, 0) is 9.59 Å². The van der Waals surface area contributed by atoms with Crippen molar-refractivity contribution in [2.45, 2.75) is 30.7 Å². The standard InChI is InChI=1S/C18H19ClN2O2/c1-20-13-5-3-4-10-18(13)15(17(20)23)14(16(22)21(18)2)11-6-8-12(19)9-7-11/h5-9,14-15H,3-4,10H2,1-2H3/t14-,15-,18+/m1/s1. The zero-order chi connectivity index (χ0) is 16.4. The molecule has 0 saturated carbocycles. The lowest BCUT2D eigenvalue weighted by molar-refractivity contribution is -0.133. The van der Waals surface area contributed by atoms with E-state index in [1.807, 2.05) is 31.1 Å². The summed E-state index contributed by atoms with van der Waals surface area (Å²) in [6.07, 6.45) is 4.96. The number of likely N-dealkylation sites (N-methyl/N-ethyl adjacent to an activating group) is 2. The molecule has 5 heteroatoms. The van der Waals surface area contributed by atoms with Gasteiger partial charge in [0.05, 0.1) is 17.4 Å². The lowest BCUT2D eigenvalue weighted by Gasteiger charge is -2.39. The van der Waals surface area contributed by atoms with E-state index >= 15 is 0 Å². The molecule has 0 N–H and O–H groups in total. The van der Waals surface area contributed by atoms with Gasteiger partial charge in [-0.15, -0.1) is 0 Å². The summed E-state index contributed by atoms with van der Waals surface area (Å²) in [6, 6.07) is 7.32. The fourth-order valence-electron chi connectivity index (χ4n) is 4.71. The van der Waals surface area contributed by atoms with Gasteiger partial charge in [0.1, 0.15) is 0 Å². The van der Waals surface area contributed by atoms with E-state index in [2.05, 4.69) is 6.08 Å². The van der Waals surface area contributed by atoms with Crippen molar-refractivity contribution in [2.24, 2.45) is 5.92 Å². The number of carbonyl (C=O) groups excluding carboxylic acids is 2. The summed E-state index contributed by atoms with van der Waals surface area (Å²) in [4.78, 5) is 29.6. The number of benzene rings is 1. The summed E-state index contributed by atoms with van der Waals surface area (Å²) in [7, 11) is 3.67. The molecule has 3 atom stereocenters. The van der Waals surface area contributed by atoms with Crippen molar-refractivity contribution in [2.75, 3.05) is 14.1 Å². The van der Waals surface area contributed by atoms with Gasteiger partial charge in [-0.05, 0) is 37.0 Å². The zero-order valence-electron chi connectivity index (χ0n) is 13.3. The van der Waals surface area contributed by atoms with E-state index < -0.39 is 11.5 Å². The van der Waals surface area contributed by atoms with Crippen molar-refractivity contribution in [3.05, 3.63) is 46.6 Å². The number of amides is 2. The Morgan fingerprint density at radius 3 is 2.52 bits per heavy atom. The highest BCUT2D eigenvalue weighted by molar-refractivity contribution is 6.30. The Balaban J connectivity index is 1.89. The first-order valence-electron chi connectivity index (χ1n) is 8.00. The number of hydrogen-bond acceptors (Lipinski definition) is 2. The molecule has 1 aromatic carbocycles. The second-order valence-electron chi connectivity index (χ2n) is 6.71. The van der Waals surface area contributed by atoms with Gasteiger partial charge in [0.2, 0.25) is 11.8 Å². The van der Waals surface area contributed by atoms with Gasteiger partial charge in [-0.2, -0.15) is 0 Å². The summed E-state index contributed by atoms with van der Waals surface area (Å²) in [5.41, 5.74) is 1.42. The molecule has 1 spiro atoms. The van der Waals surface area contributed by atoms with Gasteiger partial charge >= 0.3 is 0 Å². The van der Waals surface area contributed by atoms with Crippen molar-refractivity contribution in [1.29, 1.82) is 0 Å². The molecular formula is C18H19ClN2O2. The smallest absolute Gasteiger partial charge is 0.233 e. The van der Waals surface area contributed by atoms with E-state index in [1.54, 1.807) is 17.0 Å². The molecule has 0 radical (unpaired) electrons. The van der Waals surface area contributed by atoms with E-state index in [-0.39, 0.29) is 17.7 Å². The minimum absolute atomic E-state index is 0.0339. The van der Waals surface area contributed by atoms with E-state index in [4.69, 9.17) is 11.6 Å². The summed E-state index contributed by atoms with van der Waals surface area (Å²) in [5.74, 6) is -0.670. The maximum atomic E-state index is 13.0. The van der Waals surface area contributed by atoms with Gasteiger partial charge in [0, 0.05) is 24.8 Å². The summed E-state index contributed by atoms with van der Waals surface area (Å²) < 4.78 is 0. The second-order valence-corrected chi connectivity index (χ2v) is 7.14. The summed E-state index contributed by atoms with van der Waals surface area (Å²) in [6.45, 7) is 0. The predicted molar refractivity (Wildman–Crippen MR) is 87.9 cm³/mol. The number of halogens is 1. The van der Waals surface area contributed by atoms with Crippen LogP contribution < -0.4 is 0 Å². The summed E-state index contributed by atoms with van der Waals surface area (Å²) >= 11 is 5.98. The minimum atomic E-state index is -0.467. The zero-order valence-corrected chi connectivity index (χ0v) is 14.0. The van der Waals surface area contributed by atoms with E-state index in [0.717, 1.165) is 30.5 Å². The number of hydrogen-bond donors (Lipinski definition) is 0. The normalized spacial score (nSPS) is 32.9. The van der Waals surface area contributed by atoms with Crippen LogP contribution in [0, 0.1) is 5.92 Å². The van der Waals surface area contributed by atoms with Crippen LogP contribution in [0.4, 0.5) is 0 Å². The molecule has 4 rings (SSSR count). The first-order valence-corrected chi connectivity index (χ1v) is 8.37. The fourth-order valence-corrected chi connectivity index (χ4v) is 4.83. The molecule has 2 aliphatic heterocycles. The lowest BCUT2D eigenvalue weighted by Crippen LogP contribution is -2.48. The molecule has 1 aromatic rings. The van der Waals surface area contributed by atoms with Crippen LogP contribution in [0.3, 0.4) is 0 Å². The van der Waals surface area contributed by atoms with Gasteiger partial charge in [-0.1, -0.05) is 29.8 Å². The molecular weight excluding hydrogens is 312 g/mol. The van der Waals surface area contributed by atoms with E-state index in [9.17, 15) is 9.59 Å². The van der Waals surface area contributed by atoms with Crippen LogP contribution in [0.25, 0.3) is 0 Å². The molecule has 0 unspecified atom stereocenters. The maximum Gasteiger partial charge on any atom is 0.233 e. The Kier molecular flexibility index (Phi) is 3.11. The number of nitrogens with zero attached hydrogens (tertiary/aromatic N) is 2. The van der Waals surface area contributed by atoms with Gasteiger partial charge in [0.25, 0.3) is 0 Å². The number of allylic oxidation sites excluding steroid dienone is 1. The van der Waals surface area contributed by atoms with Crippen molar-refractivity contribution in [1.82, 2.24) is 9.80 Å². The third kappa shape index (κ3) is 1.73. The molecule has 0 bridgehead atoms. The van der Waals surface area contributed by atoms with E-state index in [0.29, 0.717) is 5.02 Å². The molecule has 120 valence electrons. The Morgan fingerprint density at radius 2 is 1.83 bits per heavy atom.